The van der Waals surface area contributed by atoms with Gasteiger partial charge in [-0.2, -0.15) is 0 Å². The number of ether oxygens (including phenoxy) is 1. The lowest BCUT2D eigenvalue weighted by Gasteiger charge is -2.34. The molecule has 1 heterocycles. The van der Waals surface area contributed by atoms with Gasteiger partial charge in [-0.3, -0.25) is 4.31 Å². The van der Waals surface area contributed by atoms with Gasteiger partial charge in [0, 0.05) is 12.0 Å². The van der Waals surface area contributed by atoms with Crippen molar-refractivity contribution in [2.24, 2.45) is 0 Å². The standard InChI is InChI=1S/C28H29NO5S/c1-20-16-23(11-13-26(20)34-18-27(30)31)35(32,33)29-19-28(14-6-3-7-15-28)24-17-22(10-12-25(24)29)21-8-4-2-5-9-21/h2,4-5,8-13,16-17H,3,6-7,14-15,18-19H2,1H3,(H,30,31). The molecule has 0 atom stereocenters. The van der Waals surface area contributed by atoms with Crippen LogP contribution in [-0.4, -0.2) is 32.6 Å². The molecule has 1 aliphatic carbocycles. The summed E-state index contributed by atoms with van der Waals surface area (Å²) < 4.78 is 34.7. The van der Waals surface area contributed by atoms with Gasteiger partial charge in [0.1, 0.15) is 5.75 Å². The van der Waals surface area contributed by atoms with E-state index in [2.05, 4.69) is 18.2 Å². The lowest BCUT2D eigenvalue weighted by molar-refractivity contribution is -0.139. The molecule has 0 bridgehead atoms. The molecule has 1 saturated carbocycles. The Morgan fingerprint density at radius 2 is 1.71 bits per heavy atom. The Kier molecular flexibility index (Phi) is 6.05. The molecule has 7 heteroatoms. The molecule has 3 aromatic rings. The van der Waals surface area contributed by atoms with Gasteiger partial charge in [0.05, 0.1) is 10.6 Å². The fourth-order valence-corrected chi connectivity index (χ4v) is 7.17. The number of carboxylic acids is 1. The molecule has 3 aromatic carbocycles. The zero-order valence-corrected chi connectivity index (χ0v) is 20.6. The third-order valence-electron chi connectivity index (χ3n) is 7.29. The quantitative estimate of drug-likeness (QED) is 0.490. The Morgan fingerprint density at radius 3 is 2.40 bits per heavy atom. The minimum absolute atomic E-state index is 0.176. The Hall–Kier alpha value is -3.32. The number of nitrogens with zero attached hydrogens (tertiary/aromatic N) is 1. The number of rotatable bonds is 6. The third kappa shape index (κ3) is 4.29. The van der Waals surface area contributed by atoms with Gasteiger partial charge >= 0.3 is 5.97 Å². The minimum atomic E-state index is -3.81. The highest BCUT2D eigenvalue weighted by Gasteiger charge is 2.47. The average molecular weight is 492 g/mol. The largest absolute Gasteiger partial charge is 0.482 e. The summed E-state index contributed by atoms with van der Waals surface area (Å²) in [6, 6.07) is 20.9. The highest BCUT2D eigenvalue weighted by molar-refractivity contribution is 7.92. The number of fused-ring (bicyclic) bond motifs is 2. The first kappa shape index (κ1) is 23.4. The van der Waals surface area contributed by atoms with E-state index in [1.54, 1.807) is 17.3 Å². The number of benzene rings is 3. The zero-order valence-electron chi connectivity index (χ0n) is 19.7. The first-order chi connectivity index (χ1) is 16.8. The molecule has 0 radical (unpaired) electrons. The fraction of sp³-hybridized carbons (Fsp3) is 0.321. The smallest absolute Gasteiger partial charge is 0.341 e. The van der Waals surface area contributed by atoms with Crippen LogP contribution < -0.4 is 9.04 Å². The van der Waals surface area contributed by atoms with E-state index in [1.807, 2.05) is 30.3 Å². The van der Waals surface area contributed by atoms with Crippen LogP contribution in [0.4, 0.5) is 5.69 Å². The summed E-state index contributed by atoms with van der Waals surface area (Å²) in [5.74, 6) is -0.716. The summed E-state index contributed by atoms with van der Waals surface area (Å²) in [5, 5.41) is 8.87. The van der Waals surface area contributed by atoms with Gasteiger partial charge in [-0.05, 0) is 72.4 Å². The molecular weight excluding hydrogens is 462 g/mol. The van der Waals surface area contributed by atoms with Gasteiger partial charge in [0.15, 0.2) is 6.61 Å². The molecule has 6 nitrogen and oxygen atoms in total. The number of aryl methyl sites for hydroxylation is 1. The zero-order chi connectivity index (χ0) is 24.6. The van der Waals surface area contributed by atoms with E-state index < -0.39 is 22.6 Å². The summed E-state index contributed by atoms with van der Waals surface area (Å²) in [6.45, 7) is 1.70. The number of carboxylic acid groups (broad SMARTS) is 1. The summed E-state index contributed by atoms with van der Waals surface area (Å²) in [5.41, 5.74) is 4.51. The van der Waals surface area contributed by atoms with Gasteiger partial charge in [0.2, 0.25) is 0 Å². The van der Waals surface area contributed by atoms with Gasteiger partial charge in [-0.1, -0.05) is 55.7 Å². The van der Waals surface area contributed by atoms with Crippen molar-refractivity contribution < 1.29 is 23.1 Å². The Bertz CT molecular complexity index is 1360. The van der Waals surface area contributed by atoms with E-state index >= 15 is 0 Å². The van der Waals surface area contributed by atoms with Gasteiger partial charge in [0.25, 0.3) is 10.0 Å². The molecule has 0 unspecified atom stereocenters. The van der Waals surface area contributed by atoms with E-state index in [-0.39, 0.29) is 10.3 Å². The molecule has 182 valence electrons. The minimum Gasteiger partial charge on any atom is -0.482 e. The van der Waals surface area contributed by atoms with E-state index in [0.29, 0.717) is 17.9 Å². The molecule has 0 amide bonds. The van der Waals surface area contributed by atoms with Crippen LogP contribution in [-0.2, 0) is 20.2 Å². The number of hydrogen-bond acceptors (Lipinski definition) is 4. The number of aliphatic carboxylic acids is 1. The van der Waals surface area contributed by atoms with Crippen molar-refractivity contribution in [3.63, 3.8) is 0 Å². The van der Waals surface area contributed by atoms with Crippen molar-refractivity contribution in [1.82, 2.24) is 0 Å². The summed E-state index contributed by atoms with van der Waals surface area (Å²) in [4.78, 5) is 11.0. The Labute approximate surface area is 206 Å². The highest BCUT2D eigenvalue weighted by Crippen LogP contribution is 2.51. The van der Waals surface area contributed by atoms with Crippen LogP contribution in [0.5, 0.6) is 5.75 Å². The number of carbonyl (C=O) groups is 1. The highest BCUT2D eigenvalue weighted by atomic mass is 32.2. The summed E-state index contributed by atoms with van der Waals surface area (Å²) in [7, 11) is -3.81. The number of hydrogen-bond donors (Lipinski definition) is 1. The maximum Gasteiger partial charge on any atom is 0.341 e. The predicted molar refractivity (Wildman–Crippen MR) is 135 cm³/mol. The molecule has 1 aliphatic heterocycles. The Morgan fingerprint density at radius 1 is 0.971 bits per heavy atom. The molecule has 0 saturated heterocycles. The van der Waals surface area contributed by atoms with E-state index in [0.717, 1.165) is 48.1 Å². The fourth-order valence-electron chi connectivity index (χ4n) is 5.52. The normalized spacial score (nSPS) is 16.8. The van der Waals surface area contributed by atoms with E-state index in [1.165, 1.54) is 18.6 Å². The second kappa shape index (κ2) is 9.04. The first-order valence-corrected chi connectivity index (χ1v) is 13.4. The van der Waals surface area contributed by atoms with E-state index in [9.17, 15) is 13.2 Å². The lowest BCUT2D eigenvalue weighted by Crippen LogP contribution is -2.38. The van der Waals surface area contributed by atoms with Crippen molar-refractivity contribution in [3.05, 3.63) is 77.9 Å². The number of sulfonamides is 1. The van der Waals surface area contributed by atoms with Crippen LogP contribution in [0.3, 0.4) is 0 Å². The molecule has 5 rings (SSSR count). The van der Waals surface area contributed by atoms with Crippen LogP contribution in [0.25, 0.3) is 11.1 Å². The Balaban J connectivity index is 1.55. The molecule has 35 heavy (non-hydrogen) atoms. The van der Waals surface area contributed by atoms with Crippen molar-refractivity contribution in [2.45, 2.75) is 49.3 Å². The van der Waals surface area contributed by atoms with Crippen LogP contribution in [0.15, 0.2) is 71.6 Å². The maximum absolute atomic E-state index is 13.9. The van der Waals surface area contributed by atoms with Gasteiger partial charge in [-0.25, -0.2) is 13.2 Å². The van der Waals surface area contributed by atoms with Crippen molar-refractivity contribution in [1.29, 1.82) is 0 Å². The summed E-state index contributed by atoms with van der Waals surface area (Å²) >= 11 is 0. The van der Waals surface area contributed by atoms with Crippen molar-refractivity contribution in [3.8, 4) is 16.9 Å². The van der Waals surface area contributed by atoms with Crippen LogP contribution >= 0.6 is 0 Å². The predicted octanol–water partition coefficient (Wildman–Crippen LogP) is 5.54. The molecular formula is C28H29NO5S. The van der Waals surface area contributed by atoms with E-state index in [4.69, 9.17) is 9.84 Å². The monoisotopic (exact) mass is 491 g/mol. The third-order valence-corrected chi connectivity index (χ3v) is 9.04. The van der Waals surface area contributed by atoms with Crippen molar-refractivity contribution in [2.75, 3.05) is 17.5 Å². The molecule has 0 aromatic heterocycles. The molecule has 1 fully saturated rings. The maximum atomic E-state index is 13.9. The molecule has 1 N–H and O–H groups in total. The van der Waals surface area contributed by atoms with Crippen LogP contribution in [0, 0.1) is 6.92 Å². The second-order valence-electron chi connectivity index (χ2n) is 9.56. The van der Waals surface area contributed by atoms with Crippen LogP contribution in [0.2, 0.25) is 0 Å². The molecule has 2 aliphatic rings. The average Bonchev–Trinajstić information content (AvgIpc) is 3.18. The second-order valence-corrected chi connectivity index (χ2v) is 11.4. The lowest BCUT2D eigenvalue weighted by atomic mass is 9.70. The SMILES string of the molecule is Cc1cc(S(=O)(=O)N2CC3(CCCCC3)c3cc(-c4ccccc4)ccc32)ccc1OCC(=O)O. The molecule has 1 spiro atoms. The van der Waals surface area contributed by atoms with Gasteiger partial charge in [-0.15, -0.1) is 0 Å². The number of anilines is 1. The van der Waals surface area contributed by atoms with Crippen molar-refractivity contribution >= 4 is 21.7 Å². The van der Waals surface area contributed by atoms with Crippen LogP contribution in [0.1, 0.15) is 43.2 Å². The summed E-state index contributed by atoms with van der Waals surface area (Å²) in [6.07, 6.45) is 5.32. The van der Waals surface area contributed by atoms with Gasteiger partial charge < -0.3 is 9.84 Å². The topological polar surface area (TPSA) is 83.9 Å². The first-order valence-electron chi connectivity index (χ1n) is 12.0.